The number of piperidine rings is 1. The van der Waals surface area contributed by atoms with Crippen LogP contribution in [0.3, 0.4) is 0 Å². The first kappa shape index (κ1) is 32.3. The number of hydrogen-bond donors (Lipinski definition) is 2. The summed E-state index contributed by atoms with van der Waals surface area (Å²) in [7, 11) is -0.671. The van der Waals surface area contributed by atoms with Gasteiger partial charge in [0.2, 0.25) is 0 Å². The molecule has 2 amide bonds. The molecule has 242 valence electrons. The number of aryl methyl sites for hydroxylation is 1. The molecule has 1 saturated heterocycles. The van der Waals surface area contributed by atoms with Gasteiger partial charge in [0.25, 0.3) is 20.1 Å². The van der Waals surface area contributed by atoms with Gasteiger partial charge < -0.3 is 13.9 Å². The van der Waals surface area contributed by atoms with Crippen LogP contribution in [-0.4, -0.2) is 60.5 Å². The molecule has 1 fully saturated rings. The van der Waals surface area contributed by atoms with E-state index in [2.05, 4.69) is 84.5 Å². The Balaban J connectivity index is 1.31. The summed E-state index contributed by atoms with van der Waals surface area (Å²) in [6, 6.07) is 25.0. The van der Waals surface area contributed by atoms with Crippen molar-refractivity contribution in [3.63, 3.8) is 0 Å². The van der Waals surface area contributed by atoms with E-state index in [4.69, 9.17) is 9.84 Å². The Hall–Kier alpha value is -4.60. The van der Waals surface area contributed by atoms with Crippen LogP contribution < -0.4 is 15.7 Å². The van der Waals surface area contributed by atoms with Gasteiger partial charge in [-0.1, -0.05) is 81.4 Å². The first-order valence-corrected chi connectivity index (χ1v) is 18.3. The van der Waals surface area contributed by atoms with Crippen LogP contribution in [0, 0.1) is 5.41 Å². The molecule has 2 N–H and O–H groups in total. The fraction of sp³-hybridized carbons (Fsp3) is 0.316. The van der Waals surface area contributed by atoms with E-state index in [1.54, 1.807) is 12.3 Å². The summed E-state index contributed by atoms with van der Waals surface area (Å²) in [5.41, 5.74) is 2.74. The van der Waals surface area contributed by atoms with Gasteiger partial charge in [0.15, 0.2) is 0 Å². The van der Waals surface area contributed by atoms with E-state index < -0.39 is 20.1 Å². The average molecular weight is 646 g/mol. The molecule has 2 aromatic carbocycles. The van der Waals surface area contributed by atoms with Crippen LogP contribution in [0.5, 0.6) is 0 Å². The van der Waals surface area contributed by atoms with Gasteiger partial charge in [-0.25, -0.2) is 4.98 Å². The number of amides is 2. The van der Waals surface area contributed by atoms with Crippen LogP contribution in [-0.2, 0) is 20.6 Å². The van der Waals surface area contributed by atoms with Crippen molar-refractivity contribution in [2.75, 3.05) is 20.2 Å². The molecule has 0 atom stereocenters. The third-order valence-electron chi connectivity index (χ3n) is 9.36. The largest absolute Gasteiger partial charge is 0.407 e. The van der Waals surface area contributed by atoms with Crippen molar-refractivity contribution in [3.05, 3.63) is 108 Å². The zero-order valence-corrected chi connectivity index (χ0v) is 28.7. The second kappa shape index (κ2) is 13.3. The molecule has 9 heteroatoms. The smallest absolute Gasteiger partial charge is 0.261 e. The highest BCUT2D eigenvalue weighted by Crippen LogP contribution is 2.37. The Kier molecular flexibility index (Phi) is 9.12. The van der Waals surface area contributed by atoms with Crippen molar-refractivity contribution in [1.29, 1.82) is 5.41 Å². The van der Waals surface area contributed by atoms with Gasteiger partial charge >= 0.3 is 0 Å². The quantitative estimate of drug-likeness (QED) is 0.104. The van der Waals surface area contributed by atoms with Crippen LogP contribution in [0.4, 0.5) is 0 Å². The summed E-state index contributed by atoms with van der Waals surface area (Å²) in [4.78, 5) is 33.2. The van der Waals surface area contributed by atoms with Crippen LogP contribution in [0.2, 0.25) is 5.04 Å². The van der Waals surface area contributed by atoms with Crippen molar-refractivity contribution >= 4 is 52.8 Å². The molecule has 4 heterocycles. The van der Waals surface area contributed by atoms with E-state index in [1.165, 1.54) is 10.4 Å². The van der Waals surface area contributed by atoms with Gasteiger partial charge in [0.05, 0.1) is 16.9 Å². The second-order valence-electron chi connectivity index (χ2n) is 13.4. The minimum Gasteiger partial charge on any atom is -0.407 e. The number of rotatable bonds is 10. The molecule has 2 aliphatic heterocycles. The summed E-state index contributed by atoms with van der Waals surface area (Å²) < 4.78 is 9.15. The van der Waals surface area contributed by atoms with Crippen LogP contribution in [0.15, 0.2) is 103 Å². The summed E-state index contributed by atoms with van der Waals surface area (Å²) in [5, 5.41) is 14.5. The molecular formula is C38H43N5O3Si. The Morgan fingerprint density at radius 1 is 0.979 bits per heavy atom. The van der Waals surface area contributed by atoms with Crippen molar-refractivity contribution < 1.29 is 14.0 Å². The van der Waals surface area contributed by atoms with Gasteiger partial charge in [-0.05, 0) is 59.3 Å². The molecule has 4 aromatic rings. The van der Waals surface area contributed by atoms with Crippen LogP contribution in [0.25, 0.3) is 16.6 Å². The minimum atomic E-state index is -2.67. The van der Waals surface area contributed by atoms with E-state index in [1.807, 2.05) is 42.1 Å². The molecular weight excluding hydrogens is 603 g/mol. The molecule has 2 aliphatic rings. The highest BCUT2D eigenvalue weighted by molar-refractivity contribution is 6.99. The summed E-state index contributed by atoms with van der Waals surface area (Å²) in [5.74, 6) is -1.02. The second-order valence-corrected chi connectivity index (χ2v) is 17.7. The SMILES string of the molecule is CN1CCCC/C1=C/C(=N)C1=C(c2cn(CCCO[Si](c3ccccc3)(c3ccccc3)C(C)(C)C)c3ncccc23)C(=O)NC1=O. The lowest BCUT2D eigenvalue weighted by Crippen LogP contribution is -2.66. The molecule has 0 aliphatic carbocycles. The van der Waals surface area contributed by atoms with Crippen molar-refractivity contribution in [2.24, 2.45) is 0 Å². The van der Waals surface area contributed by atoms with Gasteiger partial charge in [-0.3, -0.25) is 20.3 Å². The van der Waals surface area contributed by atoms with E-state index in [0.717, 1.165) is 49.0 Å². The molecule has 0 saturated carbocycles. The van der Waals surface area contributed by atoms with Crippen molar-refractivity contribution in [2.45, 2.75) is 58.0 Å². The fourth-order valence-corrected chi connectivity index (χ4v) is 11.7. The van der Waals surface area contributed by atoms with Crippen molar-refractivity contribution in [1.82, 2.24) is 19.8 Å². The number of fused-ring (bicyclic) bond motifs is 1. The number of hydrogen-bond acceptors (Lipinski definition) is 6. The normalized spacial score (nSPS) is 16.8. The van der Waals surface area contributed by atoms with Gasteiger partial charge in [0, 0.05) is 55.8 Å². The van der Waals surface area contributed by atoms with E-state index in [9.17, 15) is 9.59 Å². The Morgan fingerprint density at radius 2 is 1.66 bits per heavy atom. The predicted octanol–water partition coefficient (Wildman–Crippen LogP) is 5.43. The Bertz CT molecular complexity index is 1830. The molecule has 2 aromatic heterocycles. The zero-order chi connectivity index (χ0) is 33.2. The molecule has 0 radical (unpaired) electrons. The molecule has 0 spiro atoms. The Morgan fingerprint density at radius 3 is 2.30 bits per heavy atom. The van der Waals surface area contributed by atoms with Crippen LogP contribution in [0.1, 0.15) is 52.0 Å². The highest BCUT2D eigenvalue weighted by atomic mass is 28.4. The third-order valence-corrected chi connectivity index (χ3v) is 14.4. The first-order valence-electron chi connectivity index (χ1n) is 16.4. The number of nitrogens with one attached hydrogen (secondary N) is 2. The first-order chi connectivity index (χ1) is 22.6. The maximum absolute atomic E-state index is 13.3. The monoisotopic (exact) mass is 645 g/mol. The number of imide groups is 1. The maximum atomic E-state index is 13.3. The third kappa shape index (κ3) is 6.13. The van der Waals surface area contributed by atoms with Gasteiger partial charge in [-0.2, -0.15) is 0 Å². The highest BCUT2D eigenvalue weighted by Gasteiger charge is 2.50. The van der Waals surface area contributed by atoms with E-state index >= 15 is 0 Å². The predicted molar refractivity (Wildman–Crippen MR) is 190 cm³/mol. The topological polar surface area (TPSA) is 100 Å². The zero-order valence-electron chi connectivity index (χ0n) is 27.7. The molecule has 6 rings (SSSR count). The lowest BCUT2D eigenvalue weighted by Gasteiger charge is -2.43. The average Bonchev–Trinajstić information content (AvgIpc) is 3.57. The summed E-state index contributed by atoms with van der Waals surface area (Å²) in [6.45, 7) is 8.87. The number of pyridine rings is 1. The number of aromatic nitrogens is 2. The van der Waals surface area contributed by atoms with Crippen molar-refractivity contribution in [3.8, 4) is 0 Å². The lowest BCUT2D eigenvalue weighted by atomic mass is 9.97. The molecule has 47 heavy (non-hydrogen) atoms. The molecule has 0 bridgehead atoms. The van der Waals surface area contributed by atoms with E-state index in [0.29, 0.717) is 18.7 Å². The number of allylic oxidation sites excluding steroid dienone is 2. The van der Waals surface area contributed by atoms with E-state index in [-0.39, 0.29) is 21.9 Å². The molecule has 8 nitrogen and oxygen atoms in total. The standard InChI is InChI=1S/C38H43N5O3Si/c1-38(2,3)47(28-16-7-5-8-17-28,29-18-9-6-10-19-29)46-24-14-23-43-26-31(30-20-13-21-40-35(30)43)33-34(37(45)41-36(33)44)32(39)25-27-15-11-12-22-42(27)4/h5-10,13,16-21,25-26,39H,11-12,14-15,22-24H2,1-4H3,(H,41,44,45)/b27-25-,39-32?. The Labute approximate surface area is 277 Å². The number of nitrogens with zero attached hydrogens (tertiary/aromatic N) is 3. The fourth-order valence-electron chi connectivity index (χ4n) is 7.09. The minimum absolute atomic E-state index is 0.0515. The number of carbonyl (C=O) groups excluding carboxylic acids is 2. The molecule has 0 unspecified atom stereocenters. The number of likely N-dealkylation sites (tertiary alicyclic amines) is 1. The summed E-state index contributed by atoms with van der Waals surface area (Å²) in [6.07, 6.45) is 9.09. The van der Waals surface area contributed by atoms with Gasteiger partial charge in [0.1, 0.15) is 5.65 Å². The number of benzene rings is 2. The maximum Gasteiger partial charge on any atom is 0.261 e. The number of carbonyl (C=O) groups is 2. The van der Waals surface area contributed by atoms with Gasteiger partial charge in [-0.15, -0.1) is 0 Å². The summed E-state index contributed by atoms with van der Waals surface area (Å²) >= 11 is 0. The lowest BCUT2D eigenvalue weighted by molar-refractivity contribution is -0.123. The van der Waals surface area contributed by atoms with Crippen LogP contribution >= 0.6 is 0 Å².